The van der Waals surface area contributed by atoms with E-state index in [2.05, 4.69) is 13.8 Å². The summed E-state index contributed by atoms with van der Waals surface area (Å²) in [6.45, 7) is 7.27. The first kappa shape index (κ1) is 44.2. The number of unbranched alkanes of at least 4 members (excludes halogenated alkanes) is 2. The molecular formula is C41H46Sn2. The van der Waals surface area contributed by atoms with Gasteiger partial charge in [0, 0.05) is 47.8 Å². The monoisotopic (exact) mass is 778 g/mol. The average Bonchev–Trinajstić information content (AvgIpc) is 3.11. The van der Waals surface area contributed by atoms with Gasteiger partial charge in [-0.2, -0.15) is 6.42 Å². The molecule has 0 unspecified atom stereocenters. The quantitative estimate of drug-likeness (QED) is 0.121. The van der Waals surface area contributed by atoms with Crippen molar-refractivity contribution < 1.29 is 0 Å². The SMILES string of the molecule is [CH2+]CCC[CH2-].[Sn].[Sn].c1ccccc1.c1ccccc1.c1ccccc1.c1ccccc1.c1ccccc1.c1ccccc1. The molecule has 43 heavy (non-hydrogen) atoms. The van der Waals surface area contributed by atoms with Crippen LogP contribution in [0.25, 0.3) is 0 Å². The summed E-state index contributed by atoms with van der Waals surface area (Å²) in [7, 11) is 0. The molecule has 6 rings (SSSR count). The summed E-state index contributed by atoms with van der Waals surface area (Å²) in [6.07, 6.45) is 3.23. The molecule has 6 aromatic carbocycles. The first-order chi connectivity index (χ1) is 20.4. The van der Waals surface area contributed by atoms with Gasteiger partial charge in [-0.3, -0.25) is 0 Å². The van der Waals surface area contributed by atoms with Crippen LogP contribution < -0.4 is 0 Å². The molecule has 0 N–H and O–H groups in total. The third-order valence-electron chi connectivity index (χ3n) is 4.50. The van der Waals surface area contributed by atoms with E-state index in [1.54, 1.807) is 0 Å². The molecule has 6 aromatic rings. The molecule has 0 aromatic heterocycles. The Bertz CT molecular complexity index is 734. The van der Waals surface area contributed by atoms with Crippen LogP contribution in [-0.4, -0.2) is 47.8 Å². The Morgan fingerprint density at radius 2 is 0.349 bits per heavy atom. The molecule has 0 heterocycles. The molecule has 0 spiro atoms. The van der Waals surface area contributed by atoms with Crippen LogP contribution in [0.2, 0.25) is 0 Å². The van der Waals surface area contributed by atoms with Crippen molar-refractivity contribution in [2.45, 2.75) is 19.3 Å². The van der Waals surface area contributed by atoms with E-state index in [1.807, 2.05) is 218 Å². The Morgan fingerprint density at radius 3 is 0.372 bits per heavy atom. The smallest absolute Gasteiger partial charge is 0.0826 e. The number of hydrogen-bond donors (Lipinski definition) is 0. The van der Waals surface area contributed by atoms with Crippen molar-refractivity contribution >= 4 is 47.8 Å². The molecule has 218 valence electrons. The van der Waals surface area contributed by atoms with Crippen LogP contribution in [0.3, 0.4) is 0 Å². The Hall–Kier alpha value is -3.21. The Kier molecular flexibility index (Phi) is 44.5. The summed E-state index contributed by atoms with van der Waals surface area (Å²) in [6, 6.07) is 72.0. The van der Waals surface area contributed by atoms with E-state index in [4.69, 9.17) is 0 Å². The molecule has 0 atom stereocenters. The molecule has 0 amide bonds. The largest absolute Gasteiger partial charge is 0.343 e. The molecule has 0 aliphatic carbocycles. The van der Waals surface area contributed by atoms with Crippen molar-refractivity contribution in [2.24, 2.45) is 0 Å². The predicted octanol–water partition coefficient (Wildman–Crippen LogP) is 11.2. The number of hydrogen-bond acceptors (Lipinski definition) is 0. The van der Waals surface area contributed by atoms with E-state index in [-0.39, 0.29) is 47.8 Å². The minimum absolute atomic E-state index is 0. The summed E-state index contributed by atoms with van der Waals surface area (Å²) in [5.41, 5.74) is 0. The van der Waals surface area contributed by atoms with E-state index >= 15 is 0 Å². The van der Waals surface area contributed by atoms with Crippen LogP contribution in [0, 0.1) is 13.8 Å². The third-order valence-corrected chi connectivity index (χ3v) is 4.50. The van der Waals surface area contributed by atoms with Crippen LogP contribution >= 0.6 is 0 Å². The summed E-state index contributed by atoms with van der Waals surface area (Å²) in [5.74, 6) is 0. The third kappa shape index (κ3) is 43.4. The van der Waals surface area contributed by atoms with Gasteiger partial charge in [0.05, 0.1) is 13.3 Å². The average molecular weight is 776 g/mol. The van der Waals surface area contributed by atoms with Gasteiger partial charge in [0.1, 0.15) is 0 Å². The Morgan fingerprint density at radius 1 is 0.256 bits per heavy atom. The molecule has 0 saturated heterocycles. The first-order valence-corrected chi connectivity index (χ1v) is 14.0. The molecule has 0 nitrogen and oxygen atoms in total. The topological polar surface area (TPSA) is 0 Å². The zero-order valence-electron chi connectivity index (χ0n) is 25.3. The molecule has 0 bridgehead atoms. The van der Waals surface area contributed by atoms with Crippen LogP contribution in [-0.2, 0) is 0 Å². The van der Waals surface area contributed by atoms with Gasteiger partial charge in [0.2, 0.25) is 0 Å². The van der Waals surface area contributed by atoms with Gasteiger partial charge in [0.15, 0.2) is 0 Å². The molecule has 8 radical (unpaired) electrons. The van der Waals surface area contributed by atoms with E-state index in [0.717, 1.165) is 12.8 Å². The van der Waals surface area contributed by atoms with Gasteiger partial charge >= 0.3 is 0 Å². The summed E-state index contributed by atoms with van der Waals surface area (Å²) < 4.78 is 0. The fraction of sp³-hybridized carbons (Fsp3) is 0.0732. The second kappa shape index (κ2) is 43.2. The predicted molar refractivity (Wildman–Crippen MR) is 195 cm³/mol. The second-order valence-electron chi connectivity index (χ2n) is 7.99. The van der Waals surface area contributed by atoms with Crippen LogP contribution in [0.15, 0.2) is 218 Å². The van der Waals surface area contributed by atoms with E-state index in [1.165, 1.54) is 6.42 Å². The van der Waals surface area contributed by atoms with Crippen molar-refractivity contribution in [3.05, 3.63) is 232 Å². The molecule has 0 aliphatic heterocycles. The minimum atomic E-state index is 0. The van der Waals surface area contributed by atoms with Gasteiger partial charge in [-0.1, -0.05) is 218 Å². The van der Waals surface area contributed by atoms with Crippen LogP contribution in [0.5, 0.6) is 0 Å². The zero-order valence-corrected chi connectivity index (χ0v) is 31.0. The summed E-state index contributed by atoms with van der Waals surface area (Å²) >= 11 is 0. The van der Waals surface area contributed by atoms with Crippen LogP contribution in [0.1, 0.15) is 19.3 Å². The van der Waals surface area contributed by atoms with Crippen molar-refractivity contribution in [3.8, 4) is 0 Å². The fourth-order valence-corrected chi connectivity index (χ4v) is 2.49. The van der Waals surface area contributed by atoms with Crippen molar-refractivity contribution in [1.29, 1.82) is 0 Å². The van der Waals surface area contributed by atoms with E-state index < -0.39 is 0 Å². The van der Waals surface area contributed by atoms with Gasteiger partial charge < -0.3 is 6.92 Å². The molecule has 0 aliphatic rings. The van der Waals surface area contributed by atoms with E-state index in [9.17, 15) is 0 Å². The number of benzene rings is 6. The van der Waals surface area contributed by atoms with Gasteiger partial charge in [-0.15, -0.1) is 0 Å². The molecule has 2 heteroatoms. The van der Waals surface area contributed by atoms with Gasteiger partial charge in [0.25, 0.3) is 0 Å². The fourth-order valence-electron chi connectivity index (χ4n) is 2.49. The van der Waals surface area contributed by atoms with Crippen molar-refractivity contribution in [3.63, 3.8) is 0 Å². The second-order valence-corrected chi connectivity index (χ2v) is 7.99. The summed E-state index contributed by atoms with van der Waals surface area (Å²) in [4.78, 5) is 0. The van der Waals surface area contributed by atoms with Gasteiger partial charge in [-0.25, -0.2) is 0 Å². The standard InChI is InChI=1S/6C6H6.C5H10.2Sn/c6*1-2-4-6-5-3-1;1-3-5-4-2;;/h6*1-6H;1-5H2;;. The Balaban J connectivity index is -0.000000431. The zero-order chi connectivity index (χ0) is 29.6. The maximum atomic E-state index is 3.64. The Labute approximate surface area is 297 Å². The molecular weight excluding hydrogens is 730 g/mol. The van der Waals surface area contributed by atoms with Crippen molar-refractivity contribution in [1.82, 2.24) is 0 Å². The van der Waals surface area contributed by atoms with Gasteiger partial charge in [-0.05, 0) is 6.42 Å². The van der Waals surface area contributed by atoms with Crippen molar-refractivity contribution in [2.75, 3.05) is 0 Å². The normalized spacial score (nSPS) is 7.65. The maximum absolute atomic E-state index is 3.64. The maximum Gasteiger partial charge on any atom is 0.0826 e. The molecule has 0 fully saturated rings. The van der Waals surface area contributed by atoms with E-state index in [0.29, 0.717) is 0 Å². The van der Waals surface area contributed by atoms with Crippen LogP contribution in [0.4, 0.5) is 0 Å². The number of rotatable bonds is 2. The first-order valence-electron chi connectivity index (χ1n) is 14.0. The molecule has 0 saturated carbocycles. The summed E-state index contributed by atoms with van der Waals surface area (Å²) in [5, 5.41) is 0. The minimum Gasteiger partial charge on any atom is -0.343 e.